The van der Waals surface area contributed by atoms with Crippen LogP contribution >= 0.6 is 15.9 Å². The van der Waals surface area contributed by atoms with Crippen molar-refractivity contribution in [3.8, 4) is 0 Å². The van der Waals surface area contributed by atoms with E-state index in [1.54, 1.807) is 6.92 Å². The minimum atomic E-state index is -0.383. The molecule has 0 bridgehead atoms. The molecule has 1 heterocycles. The second-order valence-electron chi connectivity index (χ2n) is 3.99. The molecule has 0 radical (unpaired) electrons. The predicted octanol–water partition coefficient (Wildman–Crippen LogP) is 1.69. The van der Waals surface area contributed by atoms with Crippen LogP contribution in [-0.2, 0) is 11.3 Å². The van der Waals surface area contributed by atoms with Crippen LogP contribution in [-0.4, -0.2) is 47.9 Å². The highest BCUT2D eigenvalue weighted by molar-refractivity contribution is 9.10. The van der Waals surface area contributed by atoms with E-state index in [0.717, 1.165) is 23.3 Å². The Kier molecular flexibility index (Phi) is 5.14. The van der Waals surface area contributed by atoms with Crippen LogP contribution in [0.4, 0.5) is 0 Å². The predicted molar refractivity (Wildman–Crippen MR) is 69.2 cm³/mol. The van der Waals surface area contributed by atoms with Crippen LogP contribution in [0.25, 0.3) is 0 Å². The Morgan fingerprint density at radius 2 is 2.18 bits per heavy atom. The van der Waals surface area contributed by atoms with Crippen molar-refractivity contribution in [1.29, 1.82) is 0 Å². The number of ether oxygens (including phenoxy) is 1. The molecule has 0 saturated carbocycles. The van der Waals surface area contributed by atoms with Gasteiger partial charge in [0.25, 0.3) is 0 Å². The highest BCUT2D eigenvalue weighted by atomic mass is 79.9. The SMILES string of the molecule is CCOC(=O)c1nn(CCN(C)C)c(C)c1Br. The summed E-state index contributed by atoms with van der Waals surface area (Å²) in [4.78, 5) is 13.7. The van der Waals surface area contributed by atoms with E-state index in [4.69, 9.17) is 4.74 Å². The van der Waals surface area contributed by atoms with Crippen LogP contribution < -0.4 is 0 Å². The molecule has 17 heavy (non-hydrogen) atoms. The van der Waals surface area contributed by atoms with Crippen molar-refractivity contribution < 1.29 is 9.53 Å². The lowest BCUT2D eigenvalue weighted by Crippen LogP contribution is -2.20. The van der Waals surface area contributed by atoms with Gasteiger partial charge in [0.1, 0.15) is 0 Å². The summed E-state index contributed by atoms with van der Waals surface area (Å²) < 4.78 is 7.48. The van der Waals surface area contributed by atoms with E-state index >= 15 is 0 Å². The lowest BCUT2D eigenvalue weighted by molar-refractivity contribution is 0.0517. The van der Waals surface area contributed by atoms with E-state index in [0.29, 0.717) is 12.3 Å². The molecule has 5 nitrogen and oxygen atoms in total. The summed E-state index contributed by atoms with van der Waals surface area (Å²) in [5.41, 5.74) is 1.29. The summed E-state index contributed by atoms with van der Waals surface area (Å²) in [7, 11) is 4.00. The van der Waals surface area contributed by atoms with Crippen LogP contribution in [0.3, 0.4) is 0 Å². The Hall–Kier alpha value is -0.880. The summed E-state index contributed by atoms with van der Waals surface area (Å²) in [6.45, 7) is 5.68. The van der Waals surface area contributed by atoms with Crippen LogP contribution in [0.15, 0.2) is 4.47 Å². The lowest BCUT2D eigenvalue weighted by atomic mass is 10.4. The molecule has 0 aromatic carbocycles. The molecule has 0 aliphatic rings. The first kappa shape index (κ1) is 14.2. The number of hydrogen-bond acceptors (Lipinski definition) is 4. The first-order valence-electron chi connectivity index (χ1n) is 5.52. The fourth-order valence-electron chi connectivity index (χ4n) is 1.37. The first-order valence-corrected chi connectivity index (χ1v) is 6.31. The number of carbonyl (C=O) groups excluding carboxylic acids is 1. The zero-order valence-corrected chi connectivity index (χ0v) is 12.2. The van der Waals surface area contributed by atoms with E-state index in [1.807, 2.05) is 25.7 Å². The van der Waals surface area contributed by atoms with Gasteiger partial charge >= 0.3 is 5.97 Å². The Balaban J connectivity index is 2.87. The standard InChI is InChI=1S/C11H18BrN3O2/c1-5-17-11(16)10-9(12)8(2)15(13-10)7-6-14(3)4/h5-7H2,1-4H3. The van der Waals surface area contributed by atoms with E-state index in [1.165, 1.54) is 0 Å². The van der Waals surface area contributed by atoms with Crippen molar-refractivity contribution in [3.63, 3.8) is 0 Å². The molecular formula is C11H18BrN3O2. The van der Waals surface area contributed by atoms with Gasteiger partial charge in [-0.05, 0) is 43.9 Å². The van der Waals surface area contributed by atoms with Gasteiger partial charge in [-0.25, -0.2) is 4.79 Å². The third kappa shape index (κ3) is 3.54. The molecule has 0 unspecified atom stereocenters. The third-order valence-electron chi connectivity index (χ3n) is 2.36. The van der Waals surface area contributed by atoms with Gasteiger partial charge < -0.3 is 9.64 Å². The molecule has 6 heteroatoms. The molecule has 0 spiro atoms. The van der Waals surface area contributed by atoms with Crippen molar-refractivity contribution in [2.24, 2.45) is 0 Å². The van der Waals surface area contributed by atoms with Crippen molar-refractivity contribution in [1.82, 2.24) is 14.7 Å². The molecule has 1 aromatic rings. The maximum atomic E-state index is 11.6. The van der Waals surface area contributed by atoms with Gasteiger partial charge in [0.15, 0.2) is 5.69 Å². The fourth-order valence-corrected chi connectivity index (χ4v) is 1.81. The monoisotopic (exact) mass is 303 g/mol. The van der Waals surface area contributed by atoms with Crippen LogP contribution in [0, 0.1) is 6.92 Å². The molecule has 0 aliphatic carbocycles. The smallest absolute Gasteiger partial charge is 0.360 e. The summed E-state index contributed by atoms with van der Waals surface area (Å²) in [6, 6.07) is 0. The van der Waals surface area contributed by atoms with Crippen LogP contribution in [0.5, 0.6) is 0 Å². The van der Waals surface area contributed by atoms with Gasteiger partial charge in [0.05, 0.1) is 23.3 Å². The first-order chi connectivity index (χ1) is 7.97. The minimum Gasteiger partial charge on any atom is -0.461 e. The van der Waals surface area contributed by atoms with Gasteiger partial charge in [0, 0.05) is 6.54 Å². The molecule has 0 saturated heterocycles. The summed E-state index contributed by atoms with van der Waals surface area (Å²) >= 11 is 3.38. The molecule has 0 aliphatic heterocycles. The molecule has 96 valence electrons. The van der Waals surface area contributed by atoms with E-state index in [9.17, 15) is 4.79 Å². The highest BCUT2D eigenvalue weighted by Gasteiger charge is 2.19. The Morgan fingerprint density at radius 3 is 2.71 bits per heavy atom. The fraction of sp³-hybridized carbons (Fsp3) is 0.636. The van der Waals surface area contributed by atoms with Gasteiger partial charge in [-0.1, -0.05) is 0 Å². The number of hydrogen-bond donors (Lipinski definition) is 0. The van der Waals surface area contributed by atoms with Crippen molar-refractivity contribution in [2.75, 3.05) is 27.2 Å². The normalized spacial score (nSPS) is 10.9. The molecule has 1 aromatic heterocycles. The van der Waals surface area contributed by atoms with Gasteiger partial charge in [-0.2, -0.15) is 5.10 Å². The number of aromatic nitrogens is 2. The van der Waals surface area contributed by atoms with Crippen LogP contribution in [0.1, 0.15) is 23.1 Å². The summed E-state index contributed by atoms with van der Waals surface area (Å²) in [5.74, 6) is -0.383. The third-order valence-corrected chi connectivity index (χ3v) is 3.31. The average molecular weight is 304 g/mol. The Bertz CT molecular complexity index is 402. The number of halogens is 1. The zero-order chi connectivity index (χ0) is 13.0. The number of esters is 1. The zero-order valence-electron chi connectivity index (χ0n) is 10.7. The van der Waals surface area contributed by atoms with E-state index < -0.39 is 0 Å². The molecule has 0 N–H and O–H groups in total. The van der Waals surface area contributed by atoms with Crippen molar-refractivity contribution in [3.05, 3.63) is 15.9 Å². The van der Waals surface area contributed by atoms with Gasteiger partial charge in [0.2, 0.25) is 0 Å². The van der Waals surface area contributed by atoms with Crippen LogP contribution in [0.2, 0.25) is 0 Å². The molecule has 1 rings (SSSR count). The largest absolute Gasteiger partial charge is 0.461 e. The average Bonchev–Trinajstić information content (AvgIpc) is 2.54. The number of carbonyl (C=O) groups is 1. The van der Waals surface area contributed by atoms with Gasteiger partial charge in [-0.15, -0.1) is 0 Å². The summed E-state index contributed by atoms with van der Waals surface area (Å²) in [5, 5.41) is 4.27. The molecule has 0 fully saturated rings. The lowest BCUT2D eigenvalue weighted by Gasteiger charge is -2.10. The molecule has 0 amide bonds. The second-order valence-corrected chi connectivity index (χ2v) is 4.79. The molecule has 0 atom stereocenters. The maximum absolute atomic E-state index is 11.6. The Morgan fingerprint density at radius 1 is 1.53 bits per heavy atom. The van der Waals surface area contributed by atoms with E-state index in [-0.39, 0.29) is 5.97 Å². The van der Waals surface area contributed by atoms with Gasteiger partial charge in [-0.3, -0.25) is 4.68 Å². The molecular weight excluding hydrogens is 286 g/mol. The second kappa shape index (κ2) is 6.16. The van der Waals surface area contributed by atoms with Crippen molar-refractivity contribution in [2.45, 2.75) is 20.4 Å². The Labute approximate surface area is 110 Å². The topological polar surface area (TPSA) is 47.4 Å². The number of nitrogens with zero attached hydrogens (tertiary/aromatic N) is 3. The minimum absolute atomic E-state index is 0.350. The quantitative estimate of drug-likeness (QED) is 0.777. The number of likely N-dealkylation sites (N-methyl/N-ethyl adjacent to an activating group) is 1. The highest BCUT2D eigenvalue weighted by Crippen LogP contribution is 2.21. The van der Waals surface area contributed by atoms with Crippen molar-refractivity contribution >= 4 is 21.9 Å². The van der Waals surface area contributed by atoms with E-state index in [2.05, 4.69) is 25.9 Å². The maximum Gasteiger partial charge on any atom is 0.360 e. The summed E-state index contributed by atoms with van der Waals surface area (Å²) in [6.07, 6.45) is 0. The number of rotatable bonds is 5.